The number of carbonyl (C=O) groups is 1. The predicted octanol–water partition coefficient (Wildman–Crippen LogP) is 2.70. The van der Waals surface area contributed by atoms with Crippen molar-refractivity contribution in [3.63, 3.8) is 0 Å². The Morgan fingerprint density at radius 3 is 2.73 bits per heavy atom. The molecule has 0 aromatic heterocycles. The Labute approximate surface area is 99.4 Å². The van der Waals surface area contributed by atoms with Gasteiger partial charge >= 0.3 is 0 Å². The monoisotopic (exact) mass is 245 g/mol. The van der Waals surface area contributed by atoms with Crippen molar-refractivity contribution < 1.29 is 4.79 Å². The molecule has 82 valence electrons. The van der Waals surface area contributed by atoms with E-state index in [-0.39, 0.29) is 18.1 Å². The van der Waals surface area contributed by atoms with Gasteiger partial charge in [0, 0.05) is 18.9 Å². The van der Waals surface area contributed by atoms with E-state index < -0.39 is 0 Å². The molecule has 1 rings (SSSR count). The fourth-order valence-corrected chi connectivity index (χ4v) is 1.57. The molecule has 0 aliphatic carbocycles. The first-order chi connectivity index (χ1) is 7.06. The largest absolute Gasteiger partial charge is 0.330 e. The third kappa shape index (κ3) is 3.20. The zero-order valence-electron chi connectivity index (χ0n) is 8.47. The number of ketones is 1. The van der Waals surface area contributed by atoms with Crippen LogP contribution in [-0.4, -0.2) is 12.3 Å². The molecule has 15 heavy (non-hydrogen) atoms. The second-order valence-corrected chi connectivity index (χ2v) is 4.28. The van der Waals surface area contributed by atoms with Crippen LogP contribution in [0.25, 0.3) is 0 Å². The van der Waals surface area contributed by atoms with E-state index in [1.54, 1.807) is 25.1 Å². The molecule has 1 aromatic carbocycles. The third-order valence-corrected chi connectivity index (χ3v) is 3.16. The standard InChI is InChI=1S/C11H13Cl2NO/c1-7(6-14)10(15)5-8-3-2-4-9(12)11(8)13/h2-4,7H,5-6,14H2,1H3. The van der Waals surface area contributed by atoms with Crippen molar-refractivity contribution in [2.75, 3.05) is 6.54 Å². The van der Waals surface area contributed by atoms with Gasteiger partial charge in [0.05, 0.1) is 10.0 Å². The second-order valence-electron chi connectivity index (χ2n) is 3.49. The van der Waals surface area contributed by atoms with Gasteiger partial charge in [-0.3, -0.25) is 4.79 Å². The van der Waals surface area contributed by atoms with Gasteiger partial charge in [-0.15, -0.1) is 0 Å². The summed E-state index contributed by atoms with van der Waals surface area (Å²) in [6.07, 6.45) is 0.289. The molecule has 2 N–H and O–H groups in total. The van der Waals surface area contributed by atoms with Crippen molar-refractivity contribution in [2.45, 2.75) is 13.3 Å². The molecule has 0 radical (unpaired) electrons. The number of Topliss-reactive ketones (excluding diaryl/α,β-unsaturated/α-hetero) is 1. The predicted molar refractivity (Wildman–Crippen MR) is 63.4 cm³/mol. The van der Waals surface area contributed by atoms with Gasteiger partial charge < -0.3 is 5.73 Å². The maximum atomic E-state index is 11.6. The van der Waals surface area contributed by atoms with E-state index in [0.29, 0.717) is 16.6 Å². The molecule has 0 heterocycles. The van der Waals surface area contributed by atoms with Crippen LogP contribution in [0.3, 0.4) is 0 Å². The molecular weight excluding hydrogens is 233 g/mol. The van der Waals surface area contributed by atoms with E-state index in [2.05, 4.69) is 0 Å². The van der Waals surface area contributed by atoms with Gasteiger partial charge in [0.1, 0.15) is 5.78 Å². The number of hydrogen-bond acceptors (Lipinski definition) is 2. The van der Waals surface area contributed by atoms with Crippen LogP contribution in [0.5, 0.6) is 0 Å². The summed E-state index contributed by atoms with van der Waals surface area (Å²) in [5.41, 5.74) is 6.17. The van der Waals surface area contributed by atoms with Crippen LogP contribution in [0.1, 0.15) is 12.5 Å². The summed E-state index contributed by atoms with van der Waals surface area (Å²) in [7, 11) is 0. The summed E-state index contributed by atoms with van der Waals surface area (Å²) in [6, 6.07) is 5.28. The molecule has 4 heteroatoms. The lowest BCUT2D eigenvalue weighted by molar-refractivity contribution is -0.121. The molecule has 0 aliphatic heterocycles. The molecule has 0 bridgehead atoms. The number of carbonyl (C=O) groups excluding carboxylic acids is 1. The first-order valence-corrected chi connectivity index (χ1v) is 5.47. The van der Waals surface area contributed by atoms with E-state index in [1.165, 1.54) is 0 Å². The Morgan fingerprint density at radius 1 is 1.47 bits per heavy atom. The van der Waals surface area contributed by atoms with Crippen LogP contribution in [0.2, 0.25) is 10.0 Å². The lowest BCUT2D eigenvalue weighted by Crippen LogP contribution is -2.22. The highest BCUT2D eigenvalue weighted by atomic mass is 35.5. The van der Waals surface area contributed by atoms with Crippen molar-refractivity contribution >= 4 is 29.0 Å². The summed E-state index contributed by atoms with van der Waals surface area (Å²) in [5, 5.41) is 0.930. The van der Waals surface area contributed by atoms with E-state index >= 15 is 0 Å². The molecule has 0 aliphatic rings. The van der Waals surface area contributed by atoms with Crippen molar-refractivity contribution in [1.29, 1.82) is 0 Å². The summed E-state index contributed by atoms with van der Waals surface area (Å²) >= 11 is 11.8. The van der Waals surface area contributed by atoms with Crippen LogP contribution < -0.4 is 5.73 Å². The molecular formula is C11H13Cl2NO. The molecule has 0 saturated carbocycles. The van der Waals surface area contributed by atoms with Crippen molar-refractivity contribution in [2.24, 2.45) is 11.7 Å². The van der Waals surface area contributed by atoms with Crippen molar-refractivity contribution in [3.8, 4) is 0 Å². The van der Waals surface area contributed by atoms with Gasteiger partial charge in [-0.25, -0.2) is 0 Å². The van der Waals surface area contributed by atoms with Crippen LogP contribution in [0.4, 0.5) is 0 Å². The Balaban J connectivity index is 2.81. The van der Waals surface area contributed by atoms with E-state index in [4.69, 9.17) is 28.9 Å². The van der Waals surface area contributed by atoms with Crippen molar-refractivity contribution in [1.82, 2.24) is 0 Å². The van der Waals surface area contributed by atoms with Gasteiger partial charge in [-0.2, -0.15) is 0 Å². The maximum absolute atomic E-state index is 11.6. The molecule has 0 spiro atoms. The highest BCUT2D eigenvalue weighted by Crippen LogP contribution is 2.26. The highest BCUT2D eigenvalue weighted by Gasteiger charge is 2.14. The van der Waals surface area contributed by atoms with E-state index in [0.717, 1.165) is 5.56 Å². The first-order valence-electron chi connectivity index (χ1n) is 4.72. The molecule has 1 atom stereocenters. The lowest BCUT2D eigenvalue weighted by Gasteiger charge is -2.09. The van der Waals surface area contributed by atoms with Crippen LogP contribution in [0.15, 0.2) is 18.2 Å². The normalized spacial score (nSPS) is 12.5. The molecule has 0 saturated heterocycles. The average molecular weight is 246 g/mol. The topological polar surface area (TPSA) is 43.1 Å². The summed E-state index contributed by atoms with van der Waals surface area (Å²) in [4.78, 5) is 11.6. The number of rotatable bonds is 4. The maximum Gasteiger partial charge on any atom is 0.141 e. The number of nitrogens with two attached hydrogens (primary N) is 1. The minimum absolute atomic E-state index is 0.0849. The molecule has 1 unspecified atom stereocenters. The number of benzene rings is 1. The van der Waals surface area contributed by atoms with E-state index in [9.17, 15) is 4.79 Å². The Morgan fingerprint density at radius 2 is 2.13 bits per heavy atom. The van der Waals surface area contributed by atoms with Crippen LogP contribution in [0, 0.1) is 5.92 Å². The first kappa shape index (κ1) is 12.5. The minimum Gasteiger partial charge on any atom is -0.330 e. The summed E-state index contributed by atoms with van der Waals surface area (Å²) < 4.78 is 0. The zero-order valence-corrected chi connectivity index (χ0v) is 9.98. The Kier molecular flexibility index (Phi) is 4.58. The summed E-state index contributed by atoms with van der Waals surface area (Å²) in [5.74, 6) is -0.0540. The van der Waals surface area contributed by atoms with Crippen LogP contribution in [-0.2, 0) is 11.2 Å². The number of halogens is 2. The van der Waals surface area contributed by atoms with Gasteiger partial charge in [0.25, 0.3) is 0 Å². The lowest BCUT2D eigenvalue weighted by atomic mass is 10.00. The average Bonchev–Trinajstić information content (AvgIpc) is 2.23. The van der Waals surface area contributed by atoms with Crippen LogP contribution >= 0.6 is 23.2 Å². The quantitative estimate of drug-likeness (QED) is 0.887. The van der Waals surface area contributed by atoms with Gasteiger partial charge in [-0.05, 0) is 11.6 Å². The number of hydrogen-bond donors (Lipinski definition) is 1. The molecule has 1 aromatic rings. The minimum atomic E-state index is -0.139. The molecule has 0 fully saturated rings. The van der Waals surface area contributed by atoms with Crippen molar-refractivity contribution in [3.05, 3.63) is 33.8 Å². The Bertz CT molecular complexity index is 366. The van der Waals surface area contributed by atoms with Gasteiger partial charge in [0.2, 0.25) is 0 Å². The van der Waals surface area contributed by atoms with Gasteiger partial charge in [0.15, 0.2) is 0 Å². The smallest absolute Gasteiger partial charge is 0.141 e. The SMILES string of the molecule is CC(CN)C(=O)Cc1cccc(Cl)c1Cl. The van der Waals surface area contributed by atoms with E-state index in [1.807, 2.05) is 0 Å². The zero-order chi connectivity index (χ0) is 11.4. The fourth-order valence-electron chi connectivity index (χ4n) is 1.18. The second kappa shape index (κ2) is 5.50. The highest BCUT2D eigenvalue weighted by molar-refractivity contribution is 6.42. The third-order valence-electron chi connectivity index (χ3n) is 2.30. The van der Waals surface area contributed by atoms with Gasteiger partial charge in [-0.1, -0.05) is 42.3 Å². The molecule has 0 amide bonds. The summed E-state index contributed by atoms with van der Waals surface area (Å²) in [6.45, 7) is 2.16. The fraction of sp³-hybridized carbons (Fsp3) is 0.364. The molecule has 2 nitrogen and oxygen atoms in total. The Hall–Kier alpha value is -0.570.